The third kappa shape index (κ3) is 2.03. The maximum atomic E-state index is 13.3. The predicted molar refractivity (Wildman–Crippen MR) is 74.4 cm³/mol. The van der Waals surface area contributed by atoms with Crippen LogP contribution >= 0.6 is 11.3 Å². The summed E-state index contributed by atoms with van der Waals surface area (Å²) in [6.07, 6.45) is 0. The Balaban J connectivity index is 2.19. The zero-order valence-corrected chi connectivity index (χ0v) is 12.1. The van der Waals surface area contributed by atoms with Gasteiger partial charge in [-0.15, -0.1) is 10.2 Å². The van der Waals surface area contributed by atoms with Gasteiger partial charge in [0, 0.05) is 5.41 Å². The highest BCUT2D eigenvalue weighted by molar-refractivity contribution is 7.19. The molecular weight excluding hydrogens is 279 g/mol. The van der Waals surface area contributed by atoms with Gasteiger partial charge in [-0.3, -0.25) is 0 Å². The summed E-state index contributed by atoms with van der Waals surface area (Å²) in [6, 6.07) is 3.79. The van der Waals surface area contributed by atoms with Crippen LogP contribution in [0.1, 0.15) is 26.6 Å². The predicted octanol–water partition coefficient (Wildman–Crippen LogP) is 3.00. The van der Waals surface area contributed by atoms with Crippen molar-refractivity contribution in [3.63, 3.8) is 0 Å². The third-order valence-electron chi connectivity index (χ3n) is 2.85. The van der Waals surface area contributed by atoms with Gasteiger partial charge in [-0.1, -0.05) is 32.1 Å². The van der Waals surface area contributed by atoms with Gasteiger partial charge in [0.2, 0.25) is 4.96 Å². The van der Waals surface area contributed by atoms with Crippen molar-refractivity contribution < 1.29 is 9.50 Å². The first-order valence-corrected chi connectivity index (χ1v) is 6.89. The topological polar surface area (TPSA) is 63.3 Å². The van der Waals surface area contributed by atoms with E-state index in [1.807, 2.05) is 20.8 Å². The summed E-state index contributed by atoms with van der Waals surface area (Å²) in [7, 11) is 0. The Morgan fingerprint density at radius 2 is 2.00 bits per heavy atom. The quantitative estimate of drug-likeness (QED) is 0.749. The molecule has 0 saturated heterocycles. The molecule has 104 valence electrons. The highest BCUT2D eigenvalue weighted by atomic mass is 32.1. The SMILES string of the molecule is CC(C)(C)c1nnc2sc(-c3cc(F)ccc3O)nn12. The zero-order chi connectivity index (χ0) is 14.5. The minimum absolute atomic E-state index is 0.00586. The van der Waals surface area contributed by atoms with Gasteiger partial charge in [-0.05, 0) is 18.2 Å². The number of halogens is 1. The first-order chi connectivity index (χ1) is 9.36. The van der Waals surface area contributed by atoms with Crippen molar-refractivity contribution in [2.45, 2.75) is 26.2 Å². The molecular formula is C13H13FN4OS. The number of phenolic OH excluding ortho intramolecular Hbond substituents is 1. The Morgan fingerprint density at radius 3 is 2.70 bits per heavy atom. The Bertz CT molecular complexity index is 787. The molecule has 0 radical (unpaired) electrons. The van der Waals surface area contributed by atoms with Gasteiger partial charge in [0.05, 0.1) is 5.56 Å². The average Bonchev–Trinajstić information content (AvgIpc) is 2.89. The lowest BCUT2D eigenvalue weighted by Gasteiger charge is -2.13. The van der Waals surface area contributed by atoms with Crippen molar-refractivity contribution in [3.05, 3.63) is 29.8 Å². The van der Waals surface area contributed by atoms with E-state index in [0.29, 0.717) is 15.5 Å². The molecule has 0 saturated carbocycles. The second-order valence-corrected chi connectivity index (χ2v) is 6.49. The second kappa shape index (κ2) is 4.24. The van der Waals surface area contributed by atoms with Gasteiger partial charge in [0.15, 0.2) is 10.8 Å². The maximum Gasteiger partial charge on any atom is 0.235 e. The molecule has 3 aromatic rings. The van der Waals surface area contributed by atoms with Crippen LogP contribution in [0.5, 0.6) is 5.75 Å². The van der Waals surface area contributed by atoms with E-state index in [2.05, 4.69) is 15.3 Å². The fraction of sp³-hybridized carbons (Fsp3) is 0.308. The minimum Gasteiger partial charge on any atom is -0.507 e. The lowest BCUT2D eigenvalue weighted by atomic mass is 9.96. The van der Waals surface area contributed by atoms with Gasteiger partial charge in [-0.25, -0.2) is 4.39 Å². The van der Waals surface area contributed by atoms with Crippen LogP contribution in [0.3, 0.4) is 0 Å². The van der Waals surface area contributed by atoms with Crippen molar-refractivity contribution >= 4 is 16.3 Å². The molecule has 0 bridgehead atoms. The molecule has 5 nitrogen and oxygen atoms in total. The van der Waals surface area contributed by atoms with Gasteiger partial charge in [0.1, 0.15) is 11.6 Å². The summed E-state index contributed by atoms with van der Waals surface area (Å²) in [4.78, 5) is 0.619. The monoisotopic (exact) mass is 292 g/mol. The van der Waals surface area contributed by atoms with Gasteiger partial charge in [-0.2, -0.15) is 9.61 Å². The minimum atomic E-state index is -0.417. The molecule has 0 fully saturated rings. The van der Waals surface area contributed by atoms with E-state index in [4.69, 9.17) is 0 Å². The first kappa shape index (κ1) is 13.0. The Hall–Kier alpha value is -2.02. The van der Waals surface area contributed by atoms with Crippen molar-refractivity contribution in [2.75, 3.05) is 0 Å². The molecule has 0 spiro atoms. The fourth-order valence-corrected chi connectivity index (χ4v) is 2.74. The highest BCUT2D eigenvalue weighted by Crippen LogP contribution is 2.33. The molecule has 1 N–H and O–H groups in total. The lowest BCUT2D eigenvalue weighted by molar-refractivity contribution is 0.475. The van der Waals surface area contributed by atoms with Gasteiger partial charge in [0.25, 0.3) is 0 Å². The summed E-state index contributed by atoms with van der Waals surface area (Å²) >= 11 is 1.26. The van der Waals surface area contributed by atoms with Gasteiger partial charge >= 0.3 is 0 Å². The van der Waals surface area contributed by atoms with Crippen LogP contribution in [0.2, 0.25) is 0 Å². The average molecular weight is 292 g/mol. The van der Waals surface area contributed by atoms with Crippen LogP contribution in [0.25, 0.3) is 15.5 Å². The second-order valence-electron chi connectivity index (χ2n) is 5.54. The molecule has 2 aromatic heterocycles. The molecule has 0 atom stereocenters. The Morgan fingerprint density at radius 1 is 1.25 bits per heavy atom. The third-order valence-corrected chi connectivity index (χ3v) is 3.78. The van der Waals surface area contributed by atoms with Crippen molar-refractivity contribution in [3.8, 4) is 16.3 Å². The normalized spacial score (nSPS) is 12.2. The van der Waals surface area contributed by atoms with E-state index in [0.717, 1.165) is 5.82 Å². The number of fused-ring (bicyclic) bond motifs is 1. The van der Waals surface area contributed by atoms with Crippen LogP contribution in [-0.2, 0) is 5.41 Å². The molecule has 0 aliphatic rings. The van der Waals surface area contributed by atoms with Gasteiger partial charge < -0.3 is 5.11 Å². The summed E-state index contributed by atoms with van der Waals surface area (Å²) in [5.41, 5.74) is 0.162. The van der Waals surface area contributed by atoms with Crippen LogP contribution in [0, 0.1) is 5.82 Å². The van der Waals surface area contributed by atoms with Crippen LogP contribution < -0.4 is 0 Å². The van der Waals surface area contributed by atoms with E-state index >= 15 is 0 Å². The van der Waals surface area contributed by atoms with E-state index in [1.165, 1.54) is 29.5 Å². The number of aromatic hydroxyl groups is 1. The lowest BCUT2D eigenvalue weighted by Crippen LogP contribution is -2.16. The molecule has 20 heavy (non-hydrogen) atoms. The summed E-state index contributed by atoms with van der Waals surface area (Å²) in [6.45, 7) is 6.05. The number of hydrogen-bond acceptors (Lipinski definition) is 5. The van der Waals surface area contributed by atoms with Crippen LogP contribution in [0.15, 0.2) is 18.2 Å². The molecule has 0 unspecified atom stereocenters. The Kier molecular flexibility index (Phi) is 2.75. The van der Waals surface area contributed by atoms with E-state index < -0.39 is 5.82 Å². The largest absolute Gasteiger partial charge is 0.507 e. The maximum absolute atomic E-state index is 13.3. The molecule has 1 aromatic carbocycles. The summed E-state index contributed by atoms with van der Waals surface area (Å²) < 4.78 is 15.0. The molecule has 0 amide bonds. The van der Waals surface area contributed by atoms with Crippen LogP contribution in [0.4, 0.5) is 4.39 Å². The smallest absolute Gasteiger partial charge is 0.235 e. The molecule has 3 rings (SSSR count). The number of nitrogens with zero attached hydrogens (tertiary/aromatic N) is 4. The van der Waals surface area contributed by atoms with Crippen LogP contribution in [-0.4, -0.2) is 24.9 Å². The standard InChI is InChI=1S/C13H13FN4OS/c1-13(2,3)11-15-16-12-18(11)17-10(20-12)8-6-7(14)4-5-9(8)19/h4-6,19H,1-3H3. The zero-order valence-electron chi connectivity index (χ0n) is 11.3. The number of benzene rings is 1. The van der Waals surface area contributed by atoms with E-state index in [1.54, 1.807) is 4.52 Å². The van der Waals surface area contributed by atoms with E-state index in [9.17, 15) is 9.50 Å². The molecule has 7 heteroatoms. The number of hydrogen-bond donors (Lipinski definition) is 1. The number of aromatic nitrogens is 4. The number of phenols is 1. The molecule has 2 heterocycles. The van der Waals surface area contributed by atoms with Crippen molar-refractivity contribution in [2.24, 2.45) is 0 Å². The first-order valence-electron chi connectivity index (χ1n) is 6.08. The molecule has 0 aliphatic heterocycles. The molecule has 0 aliphatic carbocycles. The fourth-order valence-electron chi connectivity index (χ4n) is 1.87. The van der Waals surface area contributed by atoms with Crippen molar-refractivity contribution in [1.82, 2.24) is 19.8 Å². The van der Waals surface area contributed by atoms with E-state index in [-0.39, 0.29) is 11.2 Å². The number of rotatable bonds is 1. The highest BCUT2D eigenvalue weighted by Gasteiger charge is 2.24. The van der Waals surface area contributed by atoms with Crippen molar-refractivity contribution in [1.29, 1.82) is 0 Å². The summed E-state index contributed by atoms with van der Waals surface area (Å²) in [5.74, 6) is 0.305. The Labute approximate surface area is 118 Å². The summed E-state index contributed by atoms with van der Waals surface area (Å²) in [5, 5.41) is 22.9.